The van der Waals surface area contributed by atoms with Crippen molar-refractivity contribution in [2.24, 2.45) is 0 Å². The second-order valence-electron chi connectivity index (χ2n) is 11.1. The zero-order valence-electron chi connectivity index (χ0n) is 24.8. The fourth-order valence-electron chi connectivity index (χ4n) is 4.47. The van der Waals surface area contributed by atoms with Crippen LogP contribution in [0.3, 0.4) is 0 Å². The third-order valence-electron chi connectivity index (χ3n) is 6.47. The molecular formula is C34H39N3O5. The van der Waals surface area contributed by atoms with Crippen molar-refractivity contribution >= 4 is 23.6 Å². The maximum absolute atomic E-state index is 14.4. The van der Waals surface area contributed by atoms with Gasteiger partial charge >= 0.3 is 6.09 Å². The molecule has 220 valence electrons. The summed E-state index contributed by atoms with van der Waals surface area (Å²) in [6.07, 6.45) is 5.47. The van der Waals surface area contributed by atoms with Gasteiger partial charge < -0.3 is 25.4 Å². The standard InChI is InChI=1S/C34H39N3O5/c1-7-21-37(32(40)29(36-33(41)42-34(4,5)6)22-25-15-19-27(38)20-16-25)30(26-17-13-24(8-2)14-18-26)31(39)35-28-12-10-9-11-23(28)3/h2,9-20,29-30,38H,7,21-22H2,1,3-6H3,(H,35,39)(H,36,41). The lowest BCUT2D eigenvalue weighted by Gasteiger charge is -2.34. The Morgan fingerprint density at radius 1 is 1.00 bits per heavy atom. The molecule has 0 aliphatic carbocycles. The van der Waals surface area contributed by atoms with Gasteiger partial charge in [-0.25, -0.2) is 4.79 Å². The first-order chi connectivity index (χ1) is 19.9. The Morgan fingerprint density at radius 2 is 1.64 bits per heavy atom. The number of rotatable bonds is 10. The van der Waals surface area contributed by atoms with E-state index in [9.17, 15) is 19.5 Å². The third-order valence-corrected chi connectivity index (χ3v) is 6.47. The lowest BCUT2D eigenvalue weighted by atomic mass is 9.99. The summed E-state index contributed by atoms with van der Waals surface area (Å²) in [5.41, 5.74) is 2.64. The topological polar surface area (TPSA) is 108 Å². The first kappa shape index (κ1) is 31.8. The van der Waals surface area contributed by atoms with E-state index in [1.54, 1.807) is 63.2 Å². The molecule has 0 radical (unpaired) electrons. The molecule has 0 aliphatic rings. The van der Waals surface area contributed by atoms with E-state index in [1.807, 2.05) is 32.0 Å². The summed E-state index contributed by atoms with van der Waals surface area (Å²) in [5.74, 6) is 1.80. The fraction of sp³-hybridized carbons (Fsp3) is 0.324. The fourth-order valence-corrected chi connectivity index (χ4v) is 4.47. The first-order valence-corrected chi connectivity index (χ1v) is 13.9. The van der Waals surface area contributed by atoms with Crippen LogP contribution in [0.2, 0.25) is 0 Å². The quantitative estimate of drug-likeness (QED) is 0.270. The average molecular weight is 570 g/mol. The summed E-state index contributed by atoms with van der Waals surface area (Å²) in [5, 5.41) is 15.5. The highest BCUT2D eigenvalue weighted by atomic mass is 16.6. The number of carbonyl (C=O) groups is 3. The molecule has 0 saturated heterocycles. The number of anilines is 1. The SMILES string of the molecule is C#Cc1ccc(C(C(=O)Nc2ccccc2C)N(CCC)C(=O)C(Cc2ccc(O)cc2)NC(=O)OC(C)(C)C)cc1. The van der Waals surface area contributed by atoms with Crippen LogP contribution in [0.5, 0.6) is 5.75 Å². The maximum Gasteiger partial charge on any atom is 0.408 e. The number of hydrogen-bond donors (Lipinski definition) is 3. The van der Waals surface area contributed by atoms with Crippen molar-refractivity contribution in [1.82, 2.24) is 10.2 Å². The molecule has 2 unspecified atom stereocenters. The summed E-state index contributed by atoms with van der Waals surface area (Å²) in [7, 11) is 0. The summed E-state index contributed by atoms with van der Waals surface area (Å²) in [6, 6.07) is 18.6. The molecule has 3 aromatic rings. The van der Waals surface area contributed by atoms with Gasteiger partial charge in [0.1, 0.15) is 23.4 Å². The number of para-hydroxylation sites is 1. The van der Waals surface area contributed by atoms with Crippen LogP contribution in [0.15, 0.2) is 72.8 Å². The molecule has 3 amide bonds. The van der Waals surface area contributed by atoms with E-state index in [0.29, 0.717) is 28.8 Å². The van der Waals surface area contributed by atoms with Crippen molar-refractivity contribution < 1.29 is 24.2 Å². The number of phenols is 1. The maximum atomic E-state index is 14.4. The zero-order valence-corrected chi connectivity index (χ0v) is 24.8. The van der Waals surface area contributed by atoms with E-state index >= 15 is 0 Å². The van der Waals surface area contributed by atoms with Crippen molar-refractivity contribution in [3.05, 3.63) is 95.1 Å². The van der Waals surface area contributed by atoms with Crippen LogP contribution in [0.25, 0.3) is 0 Å². The van der Waals surface area contributed by atoms with Gasteiger partial charge in [-0.3, -0.25) is 9.59 Å². The number of aromatic hydroxyl groups is 1. The molecule has 3 rings (SSSR count). The number of phenolic OH excluding ortho intramolecular Hbond substituents is 1. The van der Waals surface area contributed by atoms with E-state index in [-0.39, 0.29) is 18.7 Å². The van der Waals surface area contributed by atoms with Gasteiger partial charge in [0, 0.05) is 24.2 Å². The second kappa shape index (κ2) is 14.2. The Hall–Kier alpha value is -4.77. The van der Waals surface area contributed by atoms with Crippen LogP contribution in [0.1, 0.15) is 62.4 Å². The summed E-state index contributed by atoms with van der Waals surface area (Å²) < 4.78 is 5.47. The minimum atomic E-state index is -1.06. The molecule has 8 nitrogen and oxygen atoms in total. The minimum Gasteiger partial charge on any atom is -0.508 e. The molecule has 0 heterocycles. The van der Waals surface area contributed by atoms with E-state index in [0.717, 1.165) is 5.56 Å². The second-order valence-corrected chi connectivity index (χ2v) is 11.1. The van der Waals surface area contributed by atoms with Crippen LogP contribution in [-0.4, -0.2) is 46.1 Å². The normalized spacial score (nSPS) is 12.4. The number of nitrogens with zero attached hydrogens (tertiary/aromatic N) is 1. The largest absolute Gasteiger partial charge is 0.508 e. The lowest BCUT2D eigenvalue weighted by Crippen LogP contribution is -2.53. The summed E-state index contributed by atoms with van der Waals surface area (Å²) in [6.45, 7) is 9.24. The molecule has 0 fully saturated rings. The number of hydrogen-bond acceptors (Lipinski definition) is 5. The predicted octanol–water partition coefficient (Wildman–Crippen LogP) is 5.74. The van der Waals surface area contributed by atoms with E-state index in [2.05, 4.69) is 16.6 Å². The van der Waals surface area contributed by atoms with Gasteiger partial charge in [0.2, 0.25) is 5.91 Å². The molecule has 0 spiro atoms. The number of ether oxygens (including phenoxy) is 1. The highest BCUT2D eigenvalue weighted by Gasteiger charge is 2.36. The third kappa shape index (κ3) is 8.87. The highest BCUT2D eigenvalue weighted by molar-refractivity contribution is 5.99. The van der Waals surface area contributed by atoms with Gasteiger partial charge in [0.15, 0.2) is 0 Å². The van der Waals surface area contributed by atoms with Crippen LogP contribution < -0.4 is 10.6 Å². The Morgan fingerprint density at radius 3 is 2.21 bits per heavy atom. The van der Waals surface area contributed by atoms with Gasteiger partial charge in [-0.2, -0.15) is 0 Å². The van der Waals surface area contributed by atoms with Crippen LogP contribution in [0.4, 0.5) is 10.5 Å². The number of terminal acetylenes is 1. The molecule has 8 heteroatoms. The Labute approximate surface area is 248 Å². The van der Waals surface area contributed by atoms with Gasteiger partial charge in [-0.05, 0) is 81.1 Å². The number of nitrogens with one attached hydrogen (secondary N) is 2. The number of carbonyl (C=O) groups excluding carboxylic acids is 3. The first-order valence-electron chi connectivity index (χ1n) is 13.9. The monoisotopic (exact) mass is 569 g/mol. The molecule has 3 aromatic carbocycles. The number of aryl methyl sites for hydroxylation is 1. The van der Waals surface area contributed by atoms with Crippen molar-refractivity contribution in [3.63, 3.8) is 0 Å². The Bertz CT molecular complexity index is 1420. The Balaban J connectivity index is 2.06. The van der Waals surface area contributed by atoms with Crippen molar-refractivity contribution in [2.75, 3.05) is 11.9 Å². The van der Waals surface area contributed by atoms with Crippen molar-refractivity contribution in [2.45, 2.75) is 65.1 Å². The number of alkyl carbamates (subject to hydrolysis) is 1. The van der Waals surface area contributed by atoms with Gasteiger partial charge in [-0.15, -0.1) is 6.42 Å². The van der Waals surface area contributed by atoms with Crippen molar-refractivity contribution in [3.8, 4) is 18.1 Å². The molecule has 42 heavy (non-hydrogen) atoms. The lowest BCUT2D eigenvalue weighted by molar-refractivity contribution is -0.140. The average Bonchev–Trinajstić information content (AvgIpc) is 2.94. The highest BCUT2D eigenvalue weighted by Crippen LogP contribution is 2.27. The number of amides is 3. The van der Waals surface area contributed by atoms with Gasteiger partial charge in [-0.1, -0.05) is 55.3 Å². The zero-order chi connectivity index (χ0) is 30.9. The summed E-state index contributed by atoms with van der Waals surface area (Å²) in [4.78, 5) is 42.7. The molecule has 0 saturated carbocycles. The van der Waals surface area contributed by atoms with E-state index in [1.165, 1.54) is 17.0 Å². The van der Waals surface area contributed by atoms with Crippen molar-refractivity contribution in [1.29, 1.82) is 0 Å². The molecule has 0 aliphatic heterocycles. The molecule has 2 atom stereocenters. The molecule has 3 N–H and O–H groups in total. The minimum absolute atomic E-state index is 0.0812. The van der Waals surface area contributed by atoms with E-state index < -0.39 is 35.6 Å². The molecule has 0 aromatic heterocycles. The summed E-state index contributed by atoms with van der Waals surface area (Å²) >= 11 is 0. The molecule has 0 bridgehead atoms. The van der Waals surface area contributed by atoms with Gasteiger partial charge in [0.25, 0.3) is 5.91 Å². The molecular weight excluding hydrogens is 530 g/mol. The van der Waals surface area contributed by atoms with Crippen LogP contribution in [0, 0.1) is 19.3 Å². The van der Waals surface area contributed by atoms with Crippen LogP contribution >= 0.6 is 0 Å². The van der Waals surface area contributed by atoms with E-state index in [4.69, 9.17) is 11.2 Å². The smallest absolute Gasteiger partial charge is 0.408 e. The number of benzene rings is 3. The Kier molecular flexibility index (Phi) is 10.8. The van der Waals surface area contributed by atoms with Crippen LogP contribution in [-0.2, 0) is 20.7 Å². The predicted molar refractivity (Wildman–Crippen MR) is 164 cm³/mol. The van der Waals surface area contributed by atoms with Gasteiger partial charge in [0.05, 0.1) is 0 Å².